The molecule has 0 aliphatic carbocycles. The highest BCUT2D eigenvalue weighted by molar-refractivity contribution is 6.23. The minimum Gasteiger partial charge on any atom is -0.511 e. The predicted octanol–water partition coefficient (Wildman–Crippen LogP) is 2.40. The van der Waals surface area contributed by atoms with Crippen LogP contribution in [-0.2, 0) is 14.3 Å². The molecule has 9 heteroatoms. The maximum atomic E-state index is 12.9. The van der Waals surface area contributed by atoms with Gasteiger partial charge in [-0.1, -0.05) is 0 Å². The van der Waals surface area contributed by atoms with Crippen LogP contribution in [0.15, 0.2) is 35.6 Å². The first-order valence-corrected chi connectivity index (χ1v) is 11.3. The number of fused-ring (bicyclic) bond motifs is 1. The number of anilines is 2. The molecule has 1 aromatic rings. The number of aliphatic hydroxyl groups excluding tert-OH is 1. The van der Waals surface area contributed by atoms with Gasteiger partial charge in [-0.3, -0.25) is 9.59 Å². The van der Waals surface area contributed by atoms with Crippen LogP contribution in [0.5, 0.6) is 0 Å². The number of aliphatic hydroxyl groups is 1. The molecule has 2 atom stereocenters. The van der Waals surface area contributed by atoms with Crippen molar-refractivity contribution in [3.8, 4) is 0 Å². The van der Waals surface area contributed by atoms with Gasteiger partial charge in [-0.2, -0.15) is 0 Å². The van der Waals surface area contributed by atoms with Crippen LogP contribution in [-0.4, -0.2) is 66.7 Å². The summed E-state index contributed by atoms with van der Waals surface area (Å²) in [4.78, 5) is 41.3. The Hall–Kier alpha value is -3.23. The van der Waals surface area contributed by atoms with E-state index >= 15 is 0 Å². The number of rotatable bonds is 4. The summed E-state index contributed by atoms with van der Waals surface area (Å²) in [6.45, 7) is 4.63. The van der Waals surface area contributed by atoms with Crippen LogP contribution in [0.25, 0.3) is 0 Å². The van der Waals surface area contributed by atoms with Crippen molar-refractivity contribution >= 4 is 29.3 Å². The molecule has 32 heavy (non-hydrogen) atoms. The molecule has 1 aromatic carbocycles. The van der Waals surface area contributed by atoms with Gasteiger partial charge < -0.3 is 30.3 Å². The van der Waals surface area contributed by atoms with Gasteiger partial charge in [0.05, 0.1) is 12.5 Å². The highest BCUT2D eigenvalue weighted by Crippen LogP contribution is 2.30. The molecule has 0 bridgehead atoms. The predicted molar refractivity (Wildman–Crippen MR) is 119 cm³/mol. The van der Waals surface area contributed by atoms with Crippen molar-refractivity contribution in [2.45, 2.75) is 38.6 Å². The van der Waals surface area contributed by atoms with Gasteiger partial charge in [-0.25, -0.2) is 4.79 Å². The molecule has 0 unspecified atom stereocenters. The molecular formula is C23H30N4O5. The Balaban J connectivity index is 1.46. The van der Waals surface area contributed by atoms with E-state index < -0.39 is 23.8 Å². The average Bonchev–Trinajstić information content (AvgIpc) is 2.80. The zero-order chi connectivity index (χ0) is 22.7. The number of benzene rings is 1. The number of piperidine rings is 2. The monoisotopic (exact) mass is 442 g/mol. The second-order valence-electron chi connectivity index (χ2n) is 8.43. The Morgan fingerprint density at radius 2 is 1.88 bits per heavy atom. The van der Waals surface area contributed by atoms with Gasteiger partial charge in [0.25, 0.3) is 11.8 Å². The molecular weight excluding hydrogens is 412 g/mol. The average molecular weight is 443 g/mol. The smallest absolute Gasteiger partial charge is 0.409 e. The molecule has 2 fully saturated rings. The van der Waals surface area contributed by atoms with Crippen molar-refractivity contribution in [2.24, 2.45) is 5.92 Å². The first kappa shape index (κ1) is 22.0. The van der Waals surface area contributed by atoms with Crippen LogP contribution < -0.4 is 15.5 Å². The molecule has 3 heterocycles. The lowest BCUT2D eigenvalue weighted by Gasteiger charge is -2.40. The van der Waals surface area contributed by atoms with Crippen molar-refractivity contribution < 1.29 is 24.2 Å². The largest absolute Gasteiger partial charge is 0.511 e. The van der Waals surface area contributed by atoms with Gasteiger partial charge in [0.15, 0.2) is 0 Å². The van der Waals surface area contributed by atoms with Crippen molar-refractivity contribution in [2.75, 3.05) is 43.0 Å². The summed E-state index contributed by atoms with van der Waals surface area (Å²) in [5.41, 5.74) is 1.34. The summed E-state index contributed by atoms with van der Waals surface area (Å²) < 4.78 is 5.04. The van der Waals surface area contributed by atoms with Gasteiger partial charge in [-0.05, 0) is 56.9 Å². The number of likely N-dealkylation sites (tertiary alicyclic amines) is 1. The minimum absolute atomic E-state index is 0.178. The molecule has 0 saturated carbocycles. The number of nitrogens with zero attached hydrogens (tertiary/aromatic N) is 2. The second-order valence-corrected chi connectivity index (χ2v) is 8.43. The van der Waals surface area contributed by atoms with Crippen molar-refractivity contribution in [3.05, 3.63) is 35.6 Å². The molecule has 3 aliphatic heterocycles. The van der Waals surface area contributed by atoms with E-state index in [0.717, 1.165) is 18.8 Å². The SMILES string of the molecule is CCOC(=O)N1CC[C@@H]2NC(=O)C(C(=O)Nc3ccc(N4CCCCC4)cc3)=C(O)[C@H]2C1. The van der Waals surface area contributed by atoms with Crippen LogP contribution >= 0.6 is 0 Å². The molecule has 3 amide bonds. The number of carbonyl (C=O) groups excluding carboxylic acids is 3. The van der Waals surface area contributed by atoms with E-state index in [0.29, 0.717) is 18.7 Å². The Labute approximate surface area is 187 Å². The molecule has 3 N–H and O–H groups in total. The van der Waals surface area contributed by atoms with E-state index in [4.69, 9.17) is 4.74 Å². The summed E-state index contributed by atoms with van der Waals surface area (Å²) in [5.74, 6) is -2.10. The zero-order valence-corrected chi connectivity index (χ0v) is 18.3. The molecule has 9 nitrogen and oxygen atoms in total. The lowest BCUT2D eigenvalue weighted by atomic mass is 9.85. The fourth-order valence-corrected chi connectivity index (χ4v) is 4.65. The lowest BCUT2D eigenvalue weighted by Crippen LogP contribution is -2.57. The Kier molecular flexibility index (Phi) is 6.53. The molecule has 4 rings (SSSR count). The minimum atomic E-state index is -0.669. The molecule has 2 saturated heterocycles. The first-order valence-electron chi connectivity index (χ1n) is 11.3. The summed E-state index contributed by atoms with van der Waals surface area (Å²) in [5, 5.41) is 16.3. The molecule has 3 aliphatic rings. The number of nitrogens with one attached hydrogen (secondary N) is 2. The van der Waals surface area contributed by atoms with Crippen LogP contribution in [0, 0.1) is 5.92 Å². The third-order valence-corrected chi connectivity index (χ3v) is 6.36. The maximum Gasteiger partial charge on any atom is 0.409 e. The first-order chi connectivity index (χ1) is 15.5. The van der Waals surface area contributed by atoms with Crippen molar-refractivity contribution in [3.63, 3.8) is 0 Å². The molecule has 0 spiro atoms. The third kappa shape index (κ3) is 4.51. The molecule has 0 radical (unpaired) electrons. The Morgan fingerprint density at radius 1 is 1.16 bits per heavy atom. The molecule has 172 valence electrons. The highest BCUT2D eigenvalue weighted by Gasteiger charge is 2.43. The van der Waals surface area contributed by atoms with Gasteiger partial charge in [0.1, 0.15) is 11.3 Å². The van der Waals surface area contributed by atoms with Crippen LogP contribution in [0.1, 0.15) is 32.6 Å². The van der Waals surface area contributed by atoms with Crippen molar-refractivity contribution in [1.82, 2.24) is 10.2 Å². The van der Waals surface area contributed by atoms with Crippen LogP contribution in [0.4, 0.5) is 16.2 Å². The normalized spacial score (nSPS) is 23.3. The number of carbonyl (C=O) groups is 3. The zero-order valence-electron chi connectivity index (χ0n) is 18.3. The van der Waals surface area contributed by atoms with Crippen molar-refractivity contribution in [1.29, 1.82) is 0 Å². The van der Waals surface area contributed by atoms with Crippen LogP contribution in [0.3, 0.4) is 0 Å². The van der Waals surface area contributed by atoms with Gasteiger partial charge >= 0.3 is 6.09 Å². The summed E-state index contributed by atoms with van der Waals surface area (Å²) in [7, 11) is 0. The number of ether oxygens (including phenoxy) is 1. The second kappa shape index (κ2) is 9.50. The molecule has 0 aromatic heterocycles. The van der Waals surface area contributed by atoms with E-state index in [-0.39, 0.29) is 30.5 Å². The Bertz CT molecular complexity index is 907. The summed E-state index contributed by atoms with van der Waals surface area (Å²) in [6.07, 6.45) is 3.63. The van der Waals surface area contributed by atoms with Crippen LogP contribution in [0.2, 0.25) is 0 Å². The van der Waals surface area contributed by atoms with E-state index in [1.807, 2.05) is 12.1 Å². The number of hydrogen-bond acceptors (Lipinski definition) is 6. The van der Waals surface area contributed by atoms with E-state index in [1.54, 1.807) is 19.1 Å². The standard InChI is InChI=1S/C23H30N4O5/c1-2-32-23(31)27-13-10-18-17(14-27)20(28)19(22(30)25-18)21(29)24-15-6-8-16(9-7-15)26-11-4-3-5-12-26/h6-9,17-18,28H,2-5,10-14H2,1H3,(H,24,29)(H,25,30)/t17-,18-/m0/s1. The third-order valence-electron chi connectivity index (χ3n) is 6.36. The maximum absolute atomic E-state index is 12.9. The summed E-state index contributed by atoms with van der Waals surface area (Å²) >= 11 is 0. The van der Waals surface area contributed by atoms with Gasteiger partial charge in [0.2, 0.25) is 0 Å². The number of amides is 3. The lowest BCUT2D eigenvalue weighted by molar-refractivity contribution is -0.124. The topological polar surface area (TPSA) is 111 Å². The quantitative estimate of drug-likeness (QED) is 0.618. The van der Waals surface area contributed by atoms with E-state index in [1.165, 1.54) is 24.2 Å². The fourth-order valence-electron chi connectivity index (χ4n) is 4.65. The van der Waals surface area contributed by atoms with E-state index in [2.05, 4.69) is 15.5 Å². The number of hydrogen-bond donors (Lipinski definition) is 3. The van der Waals surface area contributed by atoms with Gasteiger partial charge in [0, 0.05) is 43.6 Å². The van der Waals surface area contributed by atoms with Gasteiger partial charge in [-0.15, -0.1) is 0 Å². The Morgan fingerprint density at radius 3 is 2.56 bits per heavy atom. The highest BCUT2D eigenvalue weighted by atomic mass is 16.6. The fraction of sp³-hybridized carbons (Fsp3) is 0.522. The summed E-state index contributed by atoms with van der Waals surface area (Å²) in [6, 6.07) is 7.17. The van der Waals surface area contributed by atoms with E-state index in [9.17, 15) is 19.5 Å².